The van der Waals surface area contributed by atoms with Gasteiger partial charge in [0.25, 0.3) is 0 Å². The fourth-order valence-electron chi connectivity index (χ4n) is 5.50. The molecular formula is C30H51NO4. The third kappa shape index (κ3) is 8.77. The van der Waals surface area contributed by atoms with E-state index < -0.39 is 11.5 Å². The van der Waals surface area contributed by atoms with Crippen LogP contribution in [0.3, 0.4) is 0 Å². The fourth-order valence-corrected chi connectivity index (χ4v) is 5.50. The first-order valence-electron chi connectivity index (χ1n) is 14.0. The summed E-state index contributed by atoms with van der Waals surface area (Å²) in [5, 5.41) is 13.3. The van der Waals surface area contributed by atoms with Gasteiger partial charge in [0.1, 0.15) is 6.10 Å². The average Bonchev–Trinajstić information content (AvgIpc) is 2.78. The number of esters is 1. The number of unbranched alkanes of at least 4 members (excludes halogenated alkanes) is 1. The Kier molecular flexibility index (Phi) is 11.5. The number of fused-ring (bicyclic) bond motifs is 1. The number of hydrogen-bond donors (Lipinski definition) is 2. The molecule has 7 unspecified atom stereocenters. The van der Waals surface area contributed by atoms with E-state index >= 15 is 0 Å². The van der Waals surface area contributed by atoms with Crippen LogP contribution in [0.1, 0.15) is 99.8 Å². The zero-order valence-electron chi connectivity index (χ0n) is 23.3. The van der Waals surface area contributed by atoms with E-state index in [9.17, 15) is 14.7 Å². The minimum Gasteiger partial charge on any atom is -0.461 e. The highest BCUT2D eigenvalue weighted by Crippen LogP contribution is 2.45. The minimum absolute atomic E-state index is 0.0602. The number of allylic oxidation sites excluding steroid dienone is 3. The van der Waals surface area contributed by atoms with Crippen molar-refractivity contribution >= 4 is 11.9 Å². The van der Waals surface area contributed by atoms with E-state index in [1.807, 2.05) is 20.8 Å². The molecule has 0 bridgehead atoms. The summed E-state index contributed by atoms with van der Waals surface area (Å²) < 4.78 is 6.22. The lowest BCUT2D eigenvalue weighted by atomic mass is 9.65. The molecule has 0 radical (unpaired) electrons. The summed E-state index contributed by atoms with van der Waals surface area (Å²) in [5.74, 6) is 1.60. The van der Waals surface area contributed by atoms with E-state index in [1.165, 1.54) is 5.57 Å². The molecule has 0 aromatic rings. The van der Waals surface area contributed by atoms with Crippen LogP contribution >= 0.6 is 0 Å². The maximum Gasteiger partial charge on any atom is 0.311 e. The number of carbonyl (C=O) groups excluding carboxylic acids is 2. The first-order valence-corrected chi connectivity index (χ1v) is 14.0. The lowest BCUT2D eigenvalue weighted by Crippen LogP contribution is -2.42. The normalized spacial score (nSPS) is 28.0. The van der Waals surface area contributed by atoms with Gasteiger partial charge in [0.2, 0.25) is 5.91 Å². The van der Waals surface area contributed by atoms with Gasteiger partial charge < -0.3 is 15.2 Å². The highest BCUT2D eigenvalue weighted by molar-refractivity contribution is 5.76. The number of hydrogen-bond acceptors (Lipinski definition) is 4. The van der Waals surface area contributed by atoms with Gasteiger partial charge in [-0.3, -0.25) is 9.59 Å². The van der Waals surface area contributed by atoms with Gasteiger partial charge in [0.05, 0.1) is 17.9 Å². The molecule has 2 N–H and O–H groups in total. The lowest BCUT2D eigenvalue weighted by molar-refractivity contribution is -0.164. The smallest absolute Gasteiger partial charge is 0.311 e. The van der Waals surface area contributed by atoms with Crippen LogP contribution in [0.5, 0.6) is 0 Å². The zero-order valence-corrected chi connectivity index (χ0v) is 23.3. The topological polar surface area (TPSA) is 75.6 Å². The monoisotopic (exact) mass is 489 g/mol. The number of ether oxygens (including phenoxy) is 1. The van der Waals surface area contributed by atoms with E-state index in [2.05, 4.69) is 51.2 Å². The van der Waals surface area contributed by atoms with Gasteiger partial charge in [-0.2, -0.15) is 0 Å². The molecule has 2 rings (SSSR count). The van der Waals surface area contributed by atoms with E-state index in [-0.39, 0.29) is 30.3 Å². The van der Waals surface area contributed by atoms with Gasteiger partial charge in [0.15, 0.2) is 0 Å². The second-order valence-electron chi connectivity index (χ2n) is 11.9. The van der Waals surface area contributed by atoms with Crippen molar-refractivity contribution in [2.45, 2.75) is 112 Å². The minimum atomic E-state index is -0.605. The Balaban J connectivity index is 2.00. The third-order valence-electron chi connectivity index (χ3n) is 8.23. The molecule has 5 nitrogen and oxygen atoms in total. The molecule has 0 aromatic carbocycles. The Morgan fingerprint density at radius 2 is 1.97 bits per heavy atom. The SMILES string of the molecule is CCCCNC(=O)CC(O)CC(C)CCC1C(C)C=CC2=CC(C)CC(OC(=O)C(C)(C)CC)C21. The first kappa shape index (κ1) is 29.6. The summed E-state index contributed by atoms with van der Waals surface area (Å²) >= 11 is 0. The van der Waals surface area contributed by atoms with E-state index in [0.29, 0.717) is 36.6 Å². The largest absolute Gasteiger partial charge is 0.461 e. The van der Waals surface area contributed by atoms with Crippen molar-refractivity contribution in [2.75, 3.05) is 6.54 Å². The summed E-state index contributed by atoms with van der Waals surface area (Å²) in [6.45, 7) is 15.4. The van der Waals surface area contributed by atoms with Gasteiger partial charge in [-0.1, -0.05) is 65.7 Å². The van der Waals surface area contributed by atoms with Crippen LogP contribution in [0.4, 0.5) is 0 Å². The van der Waals surface area contributed by atoms with Crippen LogP contribution in [-0.4, -0.2) is 35.7 Å². The molecule has 0 heterocycles. The molecule has 0 aromatic heterocycles. The van der Waals surface area contributed by atoms with Crippen LogP contribution in [0, 0.1) is 35.0 Å². The van der Waals surface area contributed by atoms with Crippen molar-refractivity contribution in [1.82, 2.24) is 5.32 Å². The van der Waals surface area contributed by atoms with Crippen LogP contribution < -0.4 is 5.32 Å². The van der Waals surface area contributed by atoms with Crippen molar-refractivity contribution in [3.8, 4) is 0 Å². The zero-order chi connectivity index (χ0) is 26.2. The Bertz CT molecular complexity index is 755. The molecule has 0 spiro atoms. The molecule has 2 aliphatic rings. The molecule has 1 amide bonds. The summed E-state index contributed by atoms with van der Waals surface area (Å²) in [7, 11) is 0. The highest BCUT2D eigenvalue weighted by Gasteiger charge is 2.42. The van der Waals surface area contributed by atoms with Gasteiger partial charge in [0, 0.05) is 12.5 Å². The molecule has 0 aliphatic heterocycles. The molecule has 0 saturated heterocycles. The molecular weight excluding hydrogens is 438 g/mol. The average molecular weight is 490 g/mol. The predicted molar refractivity (Wildman–Crippen MR) is 143 cm³/mol. The van der Waals surface area contributed by atoms with E-state index in [1.54, 1.807) is 0 Å². The Hall–Kier alpha value is -1.62. The van der Waals surface area contributed by atoms with Crippen LogP contribution in [0.15, 0.2) is 23.8 Å². The van der Waals surface area contributed by atoms with Crippen molar-refractivity contribution < 1.29 is 19.4 Å². The van der Waals surface area contributed by atoms with Crippen molar-refractivity contribution in [1.29, 1.82) is 0 Å². The molecule has 7 atom stereocenters. The van der Waals surface area contributed by atoms with Crippen LogP contribution in [0.2, 0.25) is 0 Å². The number of amides is 1. The van der Waals surface area contributed by atoms with Gasteiger partial charge in [-0.15, -0.1) is 0 Å². The standard InChI is InChI=1S/C30H51NO4/c1-8-10-15-31-27(33)19-24(32)17-20(3)11-14-25-22(5)12-13-23-16-21(4)18-26(28(23)25)35-29(34)30(6,7)9-2/h12-13,16,20-22,24-26,28,32H,8-11,14-15,17-19H2,1-7H3,(H,31,33). The maximum atomic E-state index is 13.0. The summed E-state index contributed by atoms with van der Waals surface area (Å²) in [6, 6.07) is 0. The first-order chi connectivity index (χ1) is 16.5. The quantitative estimate of drug-likeness (QED) is 0.238. The van der Waals surface area contributed by atoms with Gasteiger partial charge in [-0.25, -0.2) is 0 Å². The number of aliphatic hydroxyl groups is 1. The number of nitrogens with one attached hydrogen (secondary N) is 1. The van der Waals surface area contributed by atoms with Crippen LogP contribution in [0.25, 0.3) is 0 Å². The second-order valence-corrected chi connectivity index (χ2v) is 11.9. The Morgan fingerprint density at radius 1 is 1.26 bits per heavy atom. The van der Waals surface area contributed by atoms with Gasteiger partial charge in [-0.05, 0) is 75.2 Å². The highest BCUT2D eigenvalue weighted by atomic mass is 16.5. The maximum absolute atomic E-state index is 13.0. The number of rotatable bonds is 13. The fraction of sp³-hybridized carbons (Fsp3) is 0.800. The van der Waals surface area contributed by atoms with Crippen LogP contribution in [-0.2, 0) is 14.3 Å². The number of carbonyl (C=O) groups is 2. The summed E-state index contributed by atoms with van der Waals surface area (Å²) in [5.41, 5.74) is 0.847. The van der Waals surface area contributed by atoms with E-state index in [0.717, 1.165) is 38.5 Å². The molecule has 200 valence electrons. The molecule has 35 heavy (non-hydrogen) atoms. The Labute approximate surface area is 214 Å². The predicted octanol–water partition coefficient (Wildman–Crippen LogP) is 6.21. The van der Waals surface area contributed by atoms with Crippen molar-refractivity contribution in [2.24, 2.45) is 35.0 Å². The Morgan fingerprint density at radius 3 is 2.63 bits per heavy atom. The van der Waals surface area contributed by atoms with Crippen molar-refractivity contribution in [3.63, 3.8) is 0 Å². The second kappa shape index (κ2) is 13.6. The third-order valence-corrected chi connectivity index (χ3v) is 8.23. The number of aliphatic hydroxyl groups excluding tert-OH is 1. The van der Waals surface area contributed by atoms with E-state index in [4.69, 9.17) is 4.74 Å². The lowest BCUT2D eigenvalue weighted by Gasteiger charge is -2.44. The summed E-state index contributed by atoms with van der Waals surface area (Å²) in [6.07, 6.45) is 12.7. The van der Waals surface area contributed by atoms with Crippen molar-refractivity contribution in [3.05, 3.63) is 23.8 Å². The molecule has 2 aliphatic carbocycles. The molecule has 5 heteroatoms. The van der Waals surface area contributed by atoms with Gasteiger partial charge >= 0.3 is 5.97 Å². The molecule has 0 fully saturated rings. The molecule has 0 saturated carbocycles. The summed E-state index contributed by atoms with van der Waals surface area (Å²) in [4.78, 5) is 25.0.